The molecule has 29 heavy (non-hydrogen) atoms. The number of amides is 1. The summed E-state index contributed by atoms with van der Waals surface area (Å²) in [4.78, 5) is 36.9. The molecule has 11 heteroatoms. The van der Waals surface area contributed by atoms with Gasteiger partial charge in [-0.05, 0) is 12.1 Å². The number of hydrogen-bond donors (Lipinski definition) is 1. The number of benzene rings is 1. The monoisotopic (exact) mass is 458 g/mol. The van der Waals surface area contributed by atoms with Gasteiger partial charge in [-0.2, -0.15) is 5.10 Å². The van der Waals surface area contributed by atoms with Gasteiger partial charge in [0.05, 0.1) is 11.7 Å². The largest absolute Gasteiger partial charge is 0.354 e. The maximum Gasteiger partial charge on any atom is 0.331 e. The molecule has 1 amide bonds. The Bertz CT molecular complexity index is 1350. The number of hydrogen-bond acceptors (Lipinski definition) is 6. The molecule has 4 rings (SSSR count). The maximum atomic E-state index is 12.4. The van der Waals surface area contributed by atoms with E-state index in [-0.39, 0.29) is 17.9 Å². The van der Waals surface area contributed by atoms with Gasteiger partial charge in [-0.25, -0.2) is 9.48 Å². The van der Waals surface area contributed by atoms with Crippen LogP contribution in [0, 0.1) is 0 Å². The average Bonchev–Trinajstić information content (AvgIpc) is 3.32. The molecule has 3 aromatic heterocycles. The van der Waals surface area contributed by atoms with E-state index < -0.39 is 17.2 Å². The number of carbonyl (C=O) groups is 1. The van der Waals surface area contributed by atoms with Gasteiger partial charge in [0, 0.05) is 30.2 Å². The number of nitrogens with one attached hydrogen (secondary N) is 1. The minimum Gasteiger partial charge on any atom is -0.354 e. The van der Waals surface area contributed by atoms with Gasteiger partial charge in [-0.1, -0.05) is 33.2 Å². The topological polar surface area (TPSA) is 117 Å². The maximum absolute atomic E-state index is 12.4. The van der Waals surface area contributed by atoms with Gasteiger partial charge in [0.2, 0.25) is 5.91 Å². The number of carbonyl (C=O) groups excluding carboxylic acids is 1. The molecule has 0 bridgehead atoms. The van der Waals surface area contributed by atoms with E-state index in [1.165, 1.54) is 29.5 Å². The molecule has 0 saturated heterocycles. The summed E-state index contributed by atoms with van der Waals surface area (Å²) in [7, 11) is 2.91. The molecule has 0 aliphatic heterocycles. The Balaban J connectivity index is 1.56. The lowest BCUT2D eigenvalue weighted by atomic mass is 10.2. The first kappa shape index (κ1) is 18.9. The average molecular weight is 459 g/mol. The predicted molar refractivity (Wildman–Crippen MR) is 108 cm³/mol. The highest BCUT2D eigenvalue weighted by Gasteiger charge is 2.17. The third kappa shape index (κ3) is 3.40. The Morgan fingerprint density at radius 1 is 1.17 bits per heavy atom. The summed E-state index contributed by atoms with van der Waals surface area (Å²) >= 11 is 3.37. The van der Waals surface area contributed by atoms with Gasteiger partial charge >= 0.3 is 5.69 Å². The summed E-state index contributed by atoms with van der Waals surface area (Å²) in [6, 6.07) is 9.04. The first-order valence-corrected chi connectivity index (χ1v) is 9.28. The van der Waals surface area contributed by atoms with Crippen LogP contribution < -0.4 is 16.6 Å². The fourth-order valence-electron chi connectivity index (χ4n) is 2.94. The van der Waals surface area contributed by atoms with Crippen molar-refractivity contribution in [3.05, 3.63) is 61.8 Å². The molecule has 0 spiro atoms. The van der Waals surface area contributed by atoms with Gasteiger partial charge in [-0.15, -0.1) is 0 Å². The number of fused-ring (bicyclic) bond motifs is 1. The Morgan fingerprint density at radius 3 is 2.62 bits per heavy atom. The van der Waals surface area contributed by atoms with E-state index in [9.17, 15) is 14.4 Å². The van der Waals surface area contributed by atoms with Gasteiger partial charge in [0.25, 0.3) is 5.56 Å². The van der Waals surface area contributed by atoms with E-state index in [1.807, 2.05) is 24.3 Å². The molecular weight excluding hydrogens is 444 g/mol. The zero-order chi connectivity index (χ0) is 20.7. The van der Waals surface area contributed by atoms with Crippen molar-refractivity contribution in [3.63, 3.8) is 0 Å². The van der Waals surface area contributed by atoms with Crippen molar-refractivity contribution >= 4 is 38.7 Å². The smallest absolute Gasteiger partial charge is 0.331 e. The van der Waals surface area contributed by atoms with E-state index in [4.69, 9.17) is 4.52 Å². The zero-order valence-electron chi connectivity index (χ0n) is 15.4. The Labute approximate surface area is 171 Å². The van der Waals surface area contributed by atoms with Crippen LogP contribution in [-0.2, 0) is 25.4 Å². The highest BCUT2D eigenvalue weighted by molar-refractivity contribution is 9.10. The third-order valence-corrected chi connectivity index (χ3v) is 4.99. The van der Waals surface area contributed by atoms with Crippen LogP contribution in [0.15, 0.2) is 55.1 Å². The molecule has 0 aliphatic rings. The van der Waals surface area contributed by atoms with Crippen LogP contribution in [0.4, 0.5) is 5.82 Å². The molecule has 148 valence electrons. The minimum atomic E-state index is -0.521. The van der Waals surface area contributed by atoms with Crippen molar-refractivity contribution in [2.24, 2.45) is 14.1 Å². The normalized spacial score (nSPS) is 11.1. The first-order chi connectivity index (χ1) is 13.8. The first-order valence-electron chi connectivity index (χ1n) is 8.49. The lowest BCUT2D eigenvalue weighted by molar-refractivity contribution is -0.116. The van der Waals surface area contributed by atoms with Crippen molar-refractivity contribution in [2.45, 2.75) is 6.54 Å². The molecule has 0 saturated carbocycles. The summed E-state index contributed by atoms with van der Waals surface area (Å²) in [6.07, 6.45) is 1.38. The molecule has 0 unspecified atom stereocenters. The number of rotatable bonds is 4. The van der Waals surface area contributed by atoms with Crippen molar-refractivity contribution in [1.29, 1.82) is 0 Å². The Morgan fingerprint density at radius 2 is 1.90 bits per heavy atom. The van der Waals surface area contributed by atoms with Gasteiger partial charge in [0.15, 0.2) is 17.1 Å². The molecule has 0 radical (unpaired) electrons. The fraction of sp³-hybridized carbons (Fsp3) is 0.167. The Kier molecular flexibility index (Phi) is 4.66. The number of anilines is 1. The van der Waals surface area contributed by atoms with E-state index in [1.54, 1.807) is 6.07 Å². The fourth-order valence-corrected chi connectivity index (χ4v) is 3.20. The summed E-state index contributed by atoms with van der Waals surface area (Å²) in [5, 5.41) is 10.5. The minimum absolute atomic E-state index is 0.167. The van der Waals surface area contributed by atoms with Crippen LogP contribution in [0.3, 0.4) is 0 Å². The summed E-state index contributed by atoms with van der Waals surface area (Å²) < 4.78 is 9.73. The second kappa shape index (κ2) is 7.17. The van der Waals surface area contributed by atoms with Crippen LogP contribution in [-0.4, -0.2) is 30.0 Å². The molecule has 3 heterocycles. The third-order valence-electron chi connectivity index (χ3n) is 4.46. The number of halogens is 1. The van der Waals surface area contributed by atoms with Crippen molar-refractivity contribution < 1.29 is 9.32 Å². The van der Waals surface area contributed by atoms with E-state index >= 15 is 0 Å². The zero-order valence-corrected chi connectivity index (χ0v) is 17.0. The highest BCUT2D eigenvalue weighted by atomic mass is 79.9. The molecule has 10 nitrogen and oxygen atoms in total. The molecule has 1 N–H and O–H groups in total. The summed E-state index contributed by atoms with van der Waals surface area (Å²) in [5.74, 6) is 0.299. The second-order valence-corrected chi connectivity index (χ2v) is 7.29. The van der Waals surface area contributed by atoms with E-state index in [2.05, 4.69) is 31.5 Å². The standard InChI is InChI=1S/C18H15BrN6O4/c1-23-12-8-20-25(16(12)17(27)24(2)18(23)28)9-15(26)21-14-7-13(29-22-14)10-3-5-11(19)6-4-10/h3-8H,9H2,1-2H3,(H,21,22,26). The number of aromatic nitrogens is 5. The van der Waals surface area contributed by atoms with Crippen molar-refractivity contribution in [2.75, 3.05) is 5.32 Å². The molecule has 0 aliphatic carbocycles. The van der Waals surface area contributed by atoms with Crippen molar-refractivity contribution in [3.8, 4) is 11.3 Å². The predicted octanol–water partition coefficient (Wildman–Crippen LogP) is 1.49. The molecule has 0 fully saturated rings. The van der Waals surface area contributed by atoms with Crippen molar-refractivity contribution in [1.82, 2.24) is 24.1 Å². The number of aryl methyl sites for hydroxylation is 1. The van der Waals surface area contributed by atoms with Crippen LogP contribution in [0.5, 0.6) is 0 Å². The van der Waals surface area contributed by atoms with E-state index in [0.717, 1.165) is 14.6 Å². The quantitative estimate of drug-likeness (QED) is 0.494. The van der Waals surface area contributed by atoms with Gasteiger partial charge in [0.1, 0.15) is 6.54 Å². The highest BCUT2D eigenvalue weighted by Crippen LogP contribution is 2.24. The Hall–Kier alpha value is -3.47. The molecule has 4 aromatic rings. The lowest BCUT2D eigenvalue weighted by Gasteiger charge is -2.06. The van der Waals surface area contributed by atoms with E-state index in [0.29, 0.717) is 11.3 Å². The van der Waals surface area contributed by atoms with Crippen LogP contribution >= 0.6 is 15.9 Å². The lowest BCUT2D eigenvalue weighted by Crippen LogP contribution is -2.37. The number of nitrogens with zero attached hydrogens (tertiary/aromatic N) is 5. The van der Waals surface area contributed by atoms with Crippen LogP contribution in [0.1, 0.15) is 0 Å². The SMILES string of the molecule is Cn1c(=O)c2c(cnn2CC(=O)Nc2cc(-c3ccc(Br)cc3)on2)n(C)c1=O. The second-order valence-electron chi connectivity index (χ2n) is 6.37. The molecular formula is C18H15BrN6O4. The summed E-state index contributed by atoms with van der Waals surface area (Å²) in [6.45, 7) is -0.225. The van der Waals surface area contributed by atoms with Gasteiger partial charge in [-0.3, -0.25) is 18.7 Å². The molecule has 1 aromatic carbocycles. The summed E-state index contributed by atoms with van der Waals surface area (Å²) in [5.41, 5.74) is 0.343. The van der Waals surface area contributed by atoms with Crippen LogP contribution in [0.25, 0.3) is 22.4 Å². The van der Waals surface area contributed by atoms with Gasteiger partial charge < -0.3 is 9.84 Å². The molecule has 0 atom stereocenters. The van der Waals surface area contributed by atoms with Crippen LogP contribution in [0.2, 0.25) is 0 Å².